The summed E-state index contributed by atoms with van der Waals surface area (Å²) in [6.45, 7) is 3.66. The Morgan fingerprint density at radius 2 is 1.00 bits per heavy atom. The van der Waals surface area contributed by atoms with Crippen molar-refractivity contribution in [2.45, 2.75) is 6.92 Å². The van der Waals surface area contributed by atoms with E-state index in [0.29, 0.717) is 26.4 Å². The number of hydrogen-bond donors (Lipinski definition) is 3. The van der Waals surface area contributed by atoms with E-state index in [1.165, 1.54) is 0 Å². The van der Waals surface area contributed by atoms with Gasteiger partial charge in [-0.1, -0.05) is 0 Å². The van der Waals surface area contributed by atoms with Crippen molar-refractivity contribution in [3.63, 3.8) is 0 Å². The lowest BCUT2D eigenvalue weighted by Crippen LogP contribution is -2.09. The third kappa shape index (κ3) is 49.0. The fourth-order valence-electron chi connectivity index (χ4n) is 0.451. The van der Waals surface area contributed by atoms with Gasteiger partial charge in [-0.05, 0) is 6.92 Å². The fourth-order valence-corrected chi connectivity index (χ4v) is 0.451. The largest absolute Gasteiger partial charge is 0.397 e. The highest BCUT2D eigenvalue weighted by Crippen LogP contribution is 1.76. The zero-order valence-electron chi connectivity index (χ0n) is 10.5. The summed E-state index contributed by atoms with van der Waals surface area (Å²) in [5, 5.41) is 24.1. The molecule has 6 heteroatoms. The van der Waals surface area contributed by atoms with E-state index in [-0.39, 0.29) is 19.8 Å². The van der Waals surface area contributed by atoms with E-state index in [9.17, 15) is 0 Å². The van der Waals surface area contributed by atoms with Gasteiger partial charge in [-0.15, -0.1) is 0 Å². The van der Waals surface area contributed by atoms with Crippen LogP contribution in [0, 0.1) is 0 Å². The highest BCUT2D eigenvalue weighted by molar-refractivity contribution is 4.30. The van der Waals surface area contributed by atoms with Gasteiger partial charge in [0.1, 0.15) is 0 Å². The molecule has 0 bridgehead atoms. The van der Waals surface area contributed by atoms with Crippen LogP contribution in [0.5, 0.6) is 0 Å². The van der Waals surface area contributed by atoms with E-state index >= 15 is 0 Å². The van der Waals surface area contributed by atoms with Gasteiger partial charge in [0.2, 0.25) is 0 Å². The summed E-state index contributed by atoms with van der Waals surface area (Å²) in [6.07, 6.45) is 0. The van der Waals surface area contributed by atoms with Crippen LogP contribution in [0.4, 0.5) is 0 Å². The lowest BCUT2D eigenvalue weighted by molar-refractivity contribution is 0.0222. The first-order chi connectivity index (χ1) is 7.74. The molecule has 0 aromatic heterocycles. The highest BCUT2D eigenvalue weighted by atomic mass is 16.5. The smallest absolute Gasteiger partial charge is 0.0701 e. The van der Waals surface area contributed by atoms with Crippen LogP contribution in [0.1, 0.15) is 6.92 Å². The zero-order valence-corrected chi connectivity index (χ0v) is 10.5. The lowest BCUT2D eigenvalue weighted by Gasteiger charge is -2.01. The molecule has 0 aromatic rings. The Morgan fingerprint density at radius 3 is 1.19 bits per heavy atom. The summed E-state index contributed by atoms with van der Waals surface area (Å²) in [4.78, 5) is 0. The first-order valence-corrected chi connectivity index (χ1v) is 5.13. The highest BCUT2D eigenvalue weighted by Gasteiger charge is 1.86. The van der Waals surface area contributed by atoms with Crippen molar-refractivity contribution in [2.24, 2.45) is 0 Å². The van der Waals surface area contributed by atoms with Gasteiger partial charge in [0, 0.05) is 20.8 Å². The van der Waals surface area contributed by atoms with Crippen molar-refractivity contribution in [1.29, 1.82) is 0 Å². The zero-order chi connectivity index (χ0) is 13.1. The fraction of sp³-hybridized carbons (Fsp3) is 1.00. The third-order valence-corrected chi connectivity index (χ3v) is 0.843. The normalized spacial score (nSPS) is 8.62. The van der Waals surface area contributed by atoms with Gasteiger partial charge < -0.3 is 29.5 Å². The van der Waals surface area contributed by atoms with E-state index in [0.717, 1.165) is 0 Å². The molecule has 0 fully saturated rings. The Bertz CT molecular complexity index is 71.7. The van der Waals surface area contributed by atoms with Gasteiger partial charge in [-0.25, -0.2) is 0 Å². The van der Waals surface area contributed by atoms with Gasteiger partial charge in [0.15, 0.2) is 0 Å². The molecule has 0 saturated heterocycles. The van der Waals surface area contributed by atoms with Gasteiger partial charge in [0.05, 0.1) is 39.6 Å². The average Bonchev–Trinajstić information content (AvgIpc) is 2.26. The van der Waals surface area contributed by atoms with Gasteiger partial charge in [-0.2, -0.15) is 0 Å². The molecule has 3 N–H and O–H groups in total. The first-order valence-electron chi connectivity index (χ1n) is 5.13. The topological polar surface area (TPSA) is 88.4 Å². The average molecular weight is 242 g/mol. The van der Waals surface area contributed by atoms with Crippen molar-refractivity contribution in [3.8, 4) is 0 Å². The van der Waals surface area contributed by atoms with Crippen LogP contribution in [0.3, 0.4) is 0 Å². The minimum atomic E-state index is 0.0417. The molecule has 0 spiro atoms. The molecule has 102 valence electrons. The molecule has 0 aliphatic carbocycles. The molecule has 0 unspecified atom stereocenters. The minimum Gasteiger partial charge on any atom is -0.397 e. The molecule has 0 saturated carbocycles. The van der Waals surface area contributed by atoms with Crippen LogP contribution in [0.25, 0.3) is 0 Å². The van der Waals surface area contributed by atoms with E-state index in [4.69, 9.17) is 24.8 Å². The Kier molecular flexibility index (Phi) is 38.7. The van der Waals surface area contributed by atoms with E-state index < -0.39 is 0 Å². The van der Waals surface area contributed by atoms with Gasteiger partial charge in [0.25, 0.3) is 0 Å². The second-order valence-electron chi connectivity index (χ2n) is 2.40. The number of ether oxygens (including phenoxy) is 3. The van der Waals surface area contributed by atoms with E-state index in [1.54, 1.807) is 21.1 Å². The van der Waals surface area contributed by atoms with E-state index in [1.807, 2.05) is 0 Å². The molecule has 0 aliphatic heterocycles. The molecule has 0 aromatic carbocycles. The van der Waals surface area contributed by atoms with E-state index in [2.05, 4.69) is 4.74 Å². The van der Waals surface area contributed by atoms with Crippen molar-refractivity contribution in [1.82, 2.24) is 0 Å². The molecule has 0 amide bonds. The number of aliphatic hydroxyl groups excluding tert-OH is 3. The Labute approximate surface area is 97.8 Å². The summed E-state index contributed by atoms with van der Waals surface area (Å²) in [6, 6.07) is 0. The summed E-state index contributed by atoms with van der Waals surface area (Å²) < 4.78 is 14.0. The maximum atomic E-state index is 8.26. The molecule has 0 aliphatic rings. The second-order valence-corrected chi connectivity index (χ2v) is 2.40. The number of rotatable bonds is 7. The predicted molar refractivity (Wildman–Crippen MR) is 61.5 cm³/mol. The summed E-state index contributed by atoms with van der Waals surface area (Å²) >= 11 is 0. The maximum Gasteiger partial charge on any atom is 0.0701 e. The molecular formula is C10H26O6. The molecule has 0 radical (unpaired) electrons. The van der Waals surface area contributed by atoms with Gasteiger partial charge in [-0.3, -0.25) is 0 Å². The molecular weight excluding hydrogens is 216 g/mol. The maximum absolute atomic E-state index is 8.26. The number of hydrogen-bond acceptors (Lipinski definition) is 6. The van der Waals surface area contributed by atoms with Crippen molar-refractivity contribution < 1.29 is 29.5 Å². The summed E-state index contributed by atoms with van der Waals surface area (Å²) in [7, 11) is 3.25. The summed E-state index contributed by atoms with van der Waals surface area (Å²) in [5.74, 6) is 0. The van der Waals surface area contributed by atoms with Crippen molar-refractivity contribution in [3.05, 3.63) is 0 Å². The van der Waals surface area contributed by atoms with Crippen molar-refractivity contribution in [2.75, 3.05) is 60.5 Å². The summed E-state index contributed by atoms with van der Waals surface area (Å²) in [5.41, 5.74) is 0. The van der Waals surface area contributed by atoms with Crippen LogP contribution in [-0.4, -0.2) is 75.8 Å². The third-order valence-electron chi connectivity index (χ3n) is 0.843. The first kappa shape index (κ1) is 21.1. The quantitative estimate of drug-likeness (QED) is 0.510. The molecule has 0 atom stereocenters. The SMILES string of the molecule is CCO.COC.OCCOCCOCCO. The lowest BCUT2D eigenvalue weighted by atomic mass is 10.7. The molecule has 6 nitrogen and oxygen atoms in total. The van der Waals surface area contributed by atoms with Crippen LogP contribution < -0.4 is 0 Å². The van der Waals surface area contributed by atoms with Crippen LogP contribution in [0.2, 0.25) is 0 Å². The Hall–Kier alpha value is -0.240. The van der Waals surface area contributed by atoms with Crippen molar-refractivity contribution >= 4 is 0 Å². The van der Waals surface area contributed by atoms with Crippen LogP contribution in [0.15, 0.2) is 0 Å². The Morgan fingerprint density at radius 1 is 0.750 bits per heavy atom. The van der Waals surface area contributed by atoms with Crippen LogP contribution >= 0.6 is 0 Å². The molecule has 0 rings (SSSR count). The number of methoxy groups -OCH3 is 1. The van der Waals surface area contributed by atoms with Crippen LogP contribution in [-0.2, 0) is 14.2 Å². The Balaban J connectivity index is -0.000000235. The van der Waals surface area contributed by atoms with Gasteiger partial charge >= 0.3 is 0 Å². The molecule has 0 heterocycles. The monoisotopic (exact) mass is 242 g/mol. The molecule has 16 heavy (non-hydrogen) atoms. The predicted octanol–water partition coefficient (Wildman–Crippen LogP) is -0.735. The standard InChI is InChI=1S/C6H14O4.2C2H6O/c7-1-3-9-5-6-10-4-2-8;1-3-2;1-2-3/h7-8H,1-6H2;1-2H3;3H,2H2,1H3. The second kappa shape index (κ2) is 29.3. The number of aliphatic hydroxyl groups is 3. The minimum absolute atomic E-state index is 0.0417.